The lowest BCUT2D eigenvalue weighted by Gasteiger charge is -2.24. The first-order chi connectivity index (χ1) is 21.6. The molecule has 2 aromatic carbocycles. The maximum Gasteiger partial charge on any atom is 0.326 e. The van der Waals surface area contributed by atoms with Gasteiger partial charge in [0.05, 0.1) is 34.2 Å². The van der Waals surface area contributed by atoms with Crippen molar-refractivity contribution in [3.8, 4) is 0 Å². The van der Waals surface area contributed by atoms with Gasteiger partial charge in [0.1, 0.15) is 6.10 Å². The topological polar surface area (TPSA) is 218 Å². The molecule has 0 aliphatic carbocycles. The maximum absolute atomic E-state index is 11.9. The Morgan fingerprint density at radius 2 is 1.30 bits per heavy atom. The Labute approximate surface area is 272 Å². The van der Waals surface area contributed by atoms with Gasteiger partial charge < -0.3 is 40.5 Å². The van der Waals surface area contributed by atoms with E-state index in [2.05, 4.69) is 34.1 Å². The molecule has 2 aliphatic heterocycles. The monoisotopic (exact) mass is 655 g/mol. The summed E-state index contributed by atoms with van der Waals surface area (Å²) in [5.74, 6) is -1.92. The summed E-state index contributed by atoms with van der Waals surface area (Å²) < 4.78 is 3.43. The second-order valence-corrected chi connectivity index (χ2v) is 11.7. The van der Waals surface area contributed by atoms with Crippen LogP contribution in [0.3, 0.4) is 0 Å². The summed E-state index contributed by atoms with van der Waals surface area (Å²) in [5.41, 5.74) is 5.56. The van der Waals surface area contributed by atoms with Crippen LogP contribution in [-0.2, 0) is 22.7 Å². The standard InChI is InChI=1S/C14H19N3O2.C14H17N3O2.2C2H4O2.CH4/c2*1-8(2)15-11-6-7-17-12-9(13(11)18)4-3-5-10(12)16-14(17)19;2*1-2(3)4;/h3-5,8,11,13,15,18H,6-7H2,1-2H3,(H,16,19);3-5,11,13,18H,6-7H2,1-2H3,(H,16,19);2*1H3,(H,3,4);1H4/p-1. The van der Waals surface area contributed by atoms with Crippen LogP contribution in [0.15, 0.2) is 51.0 Å². The smallest absolute Gasteiger partial charge is 0.326 e. The Hall–Kier alpha value is -4.53. The number of para-hydroxylation sites is 2. The highest BCUT2D eigenvalue weighted by molar-refractivity contribution is 5.81. The second kappa shape index (κ2) is 16.9. The minimum absolute atomic E-state index is 0. The van der Waals surface area contributed by atoms with Gasteiger partial charge in [-0.15, -0.1) is 0 Å². The molecular weight excluding hydrogens is 608 g/mol. The predicted molar refractivity (Wildman–Crippen MR) is 180 cm³/mol. The van der Waals surface area contributed by atoms with Crippen LogP contribution in [0.4, 0.5) is 0 Å². The van der Waals surface area contributed by atoms with E-state index in [4.69, 9.17) is 19.8 Å². The van der Waals surface area contributed by atoms with Gasteiger partial charge in [0.25, 0.3) is 5.97 Å². The van der Waals surface area contributed by atoms with Crippen molar-refractivity contribution in [2.75, 3.05) is 0 Å². The van der Waals surface area contributed by atoms with Crippen molar-refractivity contribution in [1.29, 1.82) is 0 Å². The van der Waals surface area contributed by atoms with Crippen molar-refractivity contribution in [2.45, 2.75) is 105 Å². The van der Waals surface area contributed by atoms with E-state index in [1.165, 1.54) is 0 Å². The van der Waals surface area contributed by atoms with Gasteiger partial charge in [0.15, 0.2) is 0 Å². The van der Waals surface area contributed by atoms with E-state index in [-0.39, 0.29) is 30.9 Å². The van der Waals surface area contributed by atoms with Crippen molar-refractivity contribution in [2.24, 2.45) is 4.99 Å². The van der Waals surface area contributed by atoms with Crippen LogP contribution >= 0.6 is 0 Å². The van der Waals surface area contributed by atoms with Crippen LogP contribution in [0.2, 0.25) is 0 Å². The van der Waals surface area contributed by atoms with Gasteiger partial charge >= 0.3 is 11.4 Å². The summed E-state index contributed by atoms with van der Waals surface area (Å²) in [6.07, 6.45) is 0.145. The number of aliphatic imine (C=N–C) groups is 1. The van der Waals surface area contributed by atoms with E-state index in [0.29, 0.717) is 25.6 Å². The fourth-order valence-corrected chi connectivity index (χ4v) is 5.74. The van der Waals surface area contributed by atoms with E-state index in [9.17, 15) is 19.8 Å². The number of aliphatic carboxylic acids is 2. The molecule has 4 aromatic rings. The lowest BCUT2D eigenvalue weighted by molar-refractivity contribution is -0.302. The molecule has 0 fully saturated rings. The predicted octanol–water partition coefficient (Wildman–Crippen LogP) is 2.23. The Morgan fingerprint density at radius 1 is 0.872 bits per heavy atom. The molecule has 6 rings (SSSR count). The molecule has 4 heterocycles. The van der Waals surface area contributed by atoms with Gasteiger partial charge in [0.2, 0.25) is 0 Å². The van der Waals surface area contributed by atoms with Crippen molar-refractivity contribution in [1.82, 2.24) is 24.4 Å². The number of rotatable bonds is 3. The average Bonchev–Trinajstić information content (AvgIpc) is 3.35. The SMILES string of the molecule is C.CC(=O)O.CC(=O)[O-].CC(C)=NC1CCn2c(=O)[nH]c3cccc(c32)C1O.CC(C)NC1CCn2c(=O)[nH]c3cccc(c32)C1O. The Morgan fingerprint density at radius 3 is 1.72 bits per heavy atom. The lowest BCUT2D eigenvalue weighted by atomic mass is 9.99. The molecule has 0 radical (unpaired) electrons. The number of carboxylic acid groups (broad SMARTS) is 2. The fourth-order valence-electron chi connectivity index (χ4n) is 5.74. The number of nitrogens with one attached hydrogen (secondary N) is 3. The summed E-state index contributed by atoms with van der Waals surface area (Å²) in [4.78, 5) is 51.9. The van der Waals surface area contributed by atoms with E-state index in [1.54, 1.807) is 9.13 Å². The number of carbonyl (C=O) groups excluding carboxylic acids is 1. The van der Waals surface area contributed by atoms with Crippen LogP contribution in [0.5, 0.6) is 0 Å². The fraction of sp³-hybridized carbons (Fsp3) is 0.485. The Balaban J connectivity index is 0.000000262. The summed E-state index contributed by atoms with van der Waals surface area (Å²) in [5, 5.41) is 40.8. The highest BCUT2D eigenvalue weighted by Crippen LogP contribution is 2.32. The third-order valence-electron chi connectivity index (χ3n) is 7.31. The Bertz CT molecular complexity index is 1790. The van der Waals surface area contributed by atoms with Crippen molar-refractivity contribution < 1.29 is 30.0 Å². The third-order valence-corrected chi connectivity index (χ3v) is 7.31. The Kier molecular flexibility index (Phi) is 13.9. The number of hydrogen-bond donors (Lipinski definition) is 6. The number of imidazole rings is 2. The molecule has 4 atom stereocenters. The van der Waals surface area contributed by atoms with Crippen LogP contribution in [0.1, 0.15) is 85.1 Å². The van der Waals surface area contributed by atoms with Crippen LogP contribution in [-0.4, -0.2) is 70.2 Å². The van der Waals surface area contributed by atoms with Crippen molar-refractivity contribution >= 4 is 39.7 Å². The summed E-state index contributed by atoms with van der Waals surface area (Å²) in [7, 11) is 0. The van der Waals surface area contributed by atoms with Crippen LogP contribution in [0.25, 0.3) is 22.1 Å². The largest absolute Gasteiger partial charge is 0.550 e. The number of carbonyl (C=O) groups is 2. The van der Waals surface area contributed by atoms with Crippen molar-refractivity contribution in [3.63, 3.8) is 0 Å². The molecular formula is C33H47N6O8-. The zero-order valence-electron chi connectivity index (χ0n) is 26.9. The van der Waals surface area contributed by atoms with Gasteiger partial charge in [-0.05, 0) is 45.7 Å². The van der Waals surface area contributed by atoms with Crippen LogP contribution < -0.4 is 21.8 Å². The molecule has 0 spiro atoms. The van der Waals surface area contributed by atoms with Gasteiger partial charge in [0, 0.05) is 54.9 Å². The first kappa shape index (κ1) is 38.7. The molecule has 2 aromatic heterocycles. The first-order valence-electron chi connectivity index (χ1n) is 15.0. The average molecular weight is 656 g/mol. The number of carboxylic acids is 2. The molecule has 14 heteroatoms. The highest BCUT2D eigenvalue weighted by Gasteiger charge is 2.29. The van der Waals surface area contributed by atoms with E-state index < -0.39 is 24.1 Å². The summed E-state index contributed by atoms with van der Waals surface area (Å²) in [6.45, 7) is 11.2. The molecule has 0 saturated heterocycles. The number of aliphatic hydroxyl groups excluding tert-OH is 2. The zero-order valence-corrected chi connectivity index (χ0v) is 26.9. The summed E-state index contributed by atoms with van der Waals surface area (Å²) >= 11 is 0. The minimum Gasteiger partial charge on any atom is -0.550 e. The molecule has 0 amide bonds. The number of H-pyrrole nitrogens is 2. The molecule has 6 N–H and O–H groups in total. The lowest BCUT2D eigenvalue weighted by Crippen LogP contribution is -2.39. The highest BCUT2D eigenvalue weighted by atomic mass is 16.4. The van der Waals surface area contributed by atoms with Crippen LogP contribution in [0, 0.1) is 0 Å². The summed E-state index contributed by atoms with van der Waals surface area (Å²) in [6, 6.07) is 11.3. The quantitative estimate of drug-likeness (QED) is 0.178. The molecule has 47 heavy (non-hydrogen) atoms. The van der Waals surface area contributed by atoms with Gasteiger partial charge in [-0.2, -0.15) is 0 Å². The van der Waals surface area contributed by atoms with E-state index in [0.717, 1.165) is 59.2 Å². The van der Waals surface area contributed by atoms with E-state index in [1.807, 2.05) is 50.2 Å². The molecule has 2 aliphatic rings. The second-order valence-electron chi connectivity index (χ2n) is 11.7. The molecule has 0 saturated carbocycles. The maximum atomic E-state index is 11.9. The molecule has 258 valence electrons. The number of nitrogens with zero attached hydrogens (tertiary/aromatic N) is 3. The third kappa shape index (κ3) is 9.73. The number of benzene rings is 2. The molecule has 0 bridgehead atoms. The minimum atomic E-state index is -1.08. The van der Waals surface area contributed by atoms with Gasteiger partial charge in [-0.1, -0.05) is 45.5 Å². The van der Waals surface area contributed by atoms with E-state index >= 15 is 0 Å². The normalized spacial score (nSPS) is 19.3. The van der Waals surface area contributed by atoms with Gasteiger partial charge in [-0.25, -0.2) is 9.59 Å². The number of aryl methyl sites for hydroxylation is 2. The number of aromatic nitrogens is 4. The number of hydrogen-bond acceptors (Lipinski definition) is 9. The first-order valence-corrected chi connectivity index (χ1v) is 15.0. The number of aliphatic hydroxyl groups is 2. The molecule has 4 unspecified atom stereocenters. The van der Waals surface area contributed by atoms with Crippen molar-refractivity contribution in [3.05, 3.63) is 68.5 Å². The van der Waals surface area contributed by atoms with Gasteiger partial charge in [-0.3, -0.25) is 18.9 Å². The zero-order chi connectivity index (χ0) is 34.3. The molecule has 14 nitrogen and oxygen atoms in total. The number of aromatic amines is 2.